The maximum Gasteiger partial charge on any atom is 0.246 e. The summed E-state index contributed by atoms with van der Waals surface area (Å²) in [5.41, 5.74) is 1.78. The molecule has 5 unspecified atom stereocenters. The van der Waals surface area contributed by atoms with Crippen LogP contribution in [0.1, 0.15) is 43.9 Å². The van der Waals surface area contributed by atoms with Crippen molar-refractivity contribution >= 4 is 52.3 Å². The highest BCUT2D eigenvalue weighted by Gasteiger charge is 2.39. The van der Waals surface area contributed by atoms with E-state index in [-0.39, 0.29) is 18.5 Å². The Bertz CT molecular complexity index is 1880. The fourth-order valence-electron chi connectivity index (χ4n) is 6.57. The van der Waals surface area contributed by atoms with E-state index in [4.69, 9.17) is 4.74 Å². The van der Waals surface area contributed by atoms with Crippen molar-refractivity contribution < 1.29 is 43.4 Å². The predicted octanol–water partition coefficient (Wildman–Crippen LogP) is -1.08. The molecule has 0 radical (unpaired) electrons. The van der Waals surface area contributed by atoms with Gasteiger partial charge in [-0.1, -0.05) is 44.2 Å². The van der Waals surface area contributed by atoms with E-state index in [0.717, 1.165) is 16.5 Å². The van der Waals surface area contributed by atoms with Gasteiger partial charge in [0.05, 0.1) is 26.7 Å². The van der Waals surface area contributed by atoms with Gasteiger partial charge in [-0.25, -0.2) is 0 Å². The second-order valence-corrected chi connectivity index (χ2v) is 13.6. The quantitative estimate of drug-likeness (QED) is 0.153. The van der Waals surface area contributed by atoms with Gasteiger partial charge in [0, 0.05) is 30.1 Å². The van der Waals surface area contributed by atoms with Crippen molar-refractivity contribution in [3.05, 3.63) is 65.9 Å². The number of rotatable bonds is 6. The minimum atomic E-state index is -1.63. The van der Waals surface area contributed by atoms with Gasteiger partial charge in [0.15, 0.2) is 0 Å². The fourth-order valence-corrected chi connectivity index (χ4v) is 6.57. The Morgan fingerprint density at radius 2 is 1.37 bits per heavy atom. The lowest BCUT2D eigenvalue weighted by molar-refractivity contribution is -0.141. The normalized spacial score (nSPS) is 23.3. The molecule has 8 N–H and O–H groups in total. The molecule has 2 aliphatic heterocycles. The van der Waals surface area contributed by atoms with Gasteiger partial charge in [0.1, 0.15) is 36.0 Å². The Hall–Kier alpha value is -5.97. The van der Waals surface area contributed by atoms with Gasteiger partial charge in [0.2, 0.25) is 41.4 Å². The van der Waals surface area contributed by atoms with Crippen LogP contribution in [0.25, 0.3) is 10.9 Å². The van der Waals surface area contributed by atoms with Crippen molar-refractivity contribution in [3.8, 4) is 5.75 Å². The lowest BCUT2D eigenvalue weighted by Gasteiger charge is -2.29. The van der Waals surface area contributed by atoms with Gasteiger partial charge in [0.25, 0.3) is 0 Å². The highest BCUT2D eigenvalue weighted by molar-refractivity contribution is 5.97. The SMILES string of the molecule is COc1ccc(C(O)C2NC(=O)CNC(=O)C(C(C)C)NC(=O)CNC(=O)C3CCCN3C(=O)C(Cc3c[nH]c4ccccc34)NC(=O)CNC2=O)cc1. The summed E-state index contributed by atoms with van der Waals surface area (Å²) in [5.74, 6) is -4.96. The van der Waals surface area contributed by atoms with E-state index in [9.17, 15) is 38.7 Å². The van der Waals surface area contributed by atoms with Crippen LogP contribution in [0.2, 0.25) is 0 Å². The lowest BCUT2D eigenvalue weighted by Crippen LogP contribution is -2.56. The number of hydrogen-bond donors (Lipinski definition) is 8. The summed E-state index contributed by atoms with van der Waals surface area (Å²) in [7, 11) is 1.46. The van der Waals surface area contributed by atoms with Crippen molar-refractivity contribution in [2.45, 2.75) is 63.4 Å². The molecule has 0 saturated carbocycles. The molecule has 0 bridgehead atoms. The minimum absolute atomic E-state index is 0.0439. The largest absolute Gasteiger partial charge is 0.497 e. The van der Waals surface area contributed by atoms with Crippen LogP contribution in [-0.4, -0.2) is 114 Å². The Labute approximate surface area is 311 Å². The van der Waals surface area contributed by atoms with Gasteiger partial charge in [-0.15, -0.1) is 0 Å². The number of para-hydroxylation sites is 1. The number of aliphatic hydroxyl groups excluding tert-OH is 1. The first-order valence-electron chi connectivity index (χ1n) is 17.7. The minimum Gasteiger partial charge on any atom is -0.497 e. The standard InChI is InChI=1S/C37H46N8O9/c1-20(2)31-35(51)40-19-30(48)44-32(33(49)21-10-12-23(54-3)13-11-21)36(52)41-17-28(46)42-26(15-22-16-38-25-8-5-4-7-24(22)25)37(53)45-14-6-9-27(45)34(50)39-18-29(47)43-31/h4-5,7-8,10-13,16,20,26-27,31-33,38,49H,6,9,14-15,17-19H2,1-3H3,(H,39,50)(H,40,51)(H,41,52)(H,42,46)(H,43,47)(H,44,48). The first-order chi connectivity index (χ1) is 25.9. The first-order valence-corrected chi connectivity index (χ1v) is 17.7. The van der Waals surface area contributed by atoms with Gasteiger partial charge < -0.3 is 51.6 Å². The maximum absolute atomic E-state index is 14.2. The number of fused-ring (bicyclic) bond motifs is 2. The summed E-state index contributed by atoms with van der Waals surface area (Å²) in [6, 6.07) is 8.73. The highest BCUT2D eigenvalue weighted by atomic mass is 16.5. The molecular formula is C37H46N8O9. The molecule has 17 heteroatoms. The zero-order chi connectivity index (χ0) is 38.9. The average molecular weight is 747 g/mol. The molecule has 2 saturated heterocycles. The second-order valence-electron chi connectivity index (χ2n) is 13.6. The van der Waals surface area contributed by atoms with E-state index in [1.54, 1.807) is 32.2 Å². The van der Waals surface area contributed by atoms with Crippen molar-refractivity contribution in [1.82, 2.24) is 41.8 Å². The second kappa shape index (κ2) is 17.7. The molecule has 0 spiro atoms. The Morgan fingerprint density at radius 1 is 0.778 bits per heavy atom. The summed E-state index contributed by atoms with van der Waals surface area (Å²) in [6.45, 7) is 1.84. The van der Waals surface area contributed by atoms with E-state index in [0.29, 0.717) is 18.6 Å². The predicted molar refractivity (Wildman–Crippen MR) is 194 cm³/mol. The molecule has 288 valence electrons. The number of H-pyrrole nitrogens is 1. The molecule has 5 rings (SSSR count). The highest BCUT2D eigenvalue weighted by Crippen LogP contribution is 2.24. The molecule has 2 fully saturated rings. The number of carbonyl (C=O) groups is 7. The number of benzene rings is 2. The van der Waals surface area contributed by atoms with Crippen LogP contribution in [0.15, 0.2) is 54.7 Å². The van der Waals surface area contributed by atoms with Crippen molar-refractivity contribution in [2.24, 2.45) is 5.92 Å². The number of aromatic amines is 1. The van der Waals surface area contributed by atoms with Crippen LogP contribution in [0, 0.1) is 5.92 Å². The van der Waals surface area contributed by atoms with Crippen LogP contribution in [0.3, 0.4) is 0 Å². The zero-order valence-electron chi connectivity index (χ0n) is 30.3. The number of nitrogens with zero attached hydrogens (tertiary/aromatic N) is 1. The van der Waals surface area contributed by atoms with Crippen LogP contribution in [-0.2, 0) is 40.0 Å². The van der Waals surface area contributed by atoms with Crippen LogP contribution in [0.4, 0.5) is 0 Å². The number of aliphatic hydroxyl groups is 1. The number of hydrogen-bond acceptors (Lipinski definition) is 9. The molecule has 54 heavy (non-hydrogen) atoms. The fraction of sp³-hybridized carbons (Fsp3) is 0.432. The third-order valence-electron chi connectivity index (χ3n) is 9.48. The third kappa shape index (κ3) is 9.52. The van der Waals surface area contributed by atoms with Gasteiger partial charge in [-0.3, -0.25) is 33.6 Å². The summed E-state index contributed by atoms with van der Waals surface area (Å²) < 4.78 is 5.17. The topological polar surface area (TPSA) is 240 Å². The van der Waals surface area contributed by atoms with E-state index < -0.39 is 97.2 Å². The Morgan fingerprint density at radius 3 is 2.02 bits per heavy atom. The third-order valence-corrected chi connectivity index (χ3v) is 9.48. The van der Waals surface area contributed by atoms with E-state index in [1.165, 1.54) is 24.1 Å². The van der Waals surface area contributed by atoms with E-state index >= 15 is 0 Å². The maximum atomic E-state index is 14.2. The molecule has 0 aliphatic carbocycles. The molecule has 2 aromatic carbocycles. The lowest BCUT2D eigenvalue weighted by atomic mass is 10.0. The van der Waals surface area contributed by atoms with Crippen molar-refractivity contribution in [2.75, 3.05) is 33.3 Å². The smallest absolute Gasteiger partial charge is 0.246 e. The number of carbonyl (C=O) groups excluding carboxylic acids is 7. The molecule has 2 aliphatic rings. The average Bonchev–Trinajstić information content (AvgIpc) is 3.83. The van der Waals surface area contributed by atoms with Crippen LogP contribution >= 0.6 is 0 Å². The van der Waals surface area contributed by atoms with Gasteiger partial charge in [-0.2, -0.15) is 0 Å². The first kappa shape index (κ1) is 39.2. The summed E-state index contributed by atoms with van der Waals surface area (Å²) in [4.78, 5) is 98.2. The molecular weight excluding hydrogens is 700 g/mol. The number of aromatic nitrogens is 1. The van der Waals surface area contributed by atoms with Crippen LogP contribution < -0.4 is 36.6 Å². The summed E-state index contributed by atoms with van der Waals surface area (Å²) >= 11 is 0. The van der Waals surface area contributed by atoms with Crippen LogP contribution in [0.5, 0.6) is 5.75 Å². The molecule has 17 nitrogen and oxygen atoms in total. The molecule has 5 atom stereocenters. The molecule has 1 aromatic heterocycles. The van der Waals surface area contributed by atoms with Gasteiger partial charge >= 0.3 is 0 Å². The van der Waals surface area contributed by atoms with Crippen molar-refractivity contribution in [1.29, 1.82) is 0 Å². The molecule has 3 aromatic rings. The number of methoxy groups -OCH3 is 1. The Balaban J connectivity index is 1.44. The summed E-state index contributed by atoms with van der Waals surface area (Å²) in [5, 5.41) is 27.2. The number of amides is 7. The van der Waals surface area contributed by atoms with E-state index in [1.807, 2.05) is 24.3 Å². The molecule has 3 heterocycles. The van der Waals surface area contributed by atoms with Crippen molar-refractivity contribution in [3.63, 3.8) is 0 Å². The number of nitrogens with one attached hydrogen (secondary N) is 7. The number of ether oxygens (including phenoxy) is 1. The monoisotopic (exact) mass is 746 g/mol. The summed E-state index contributed by atoms with van der Waals surface area (Å²) in [6.07, 6.45) is 0.993. The van der Waals surface area contributed by atoms with Gasteiger partial charge in [-0.05, 0) is 48.1 Å². The molecule has 7 amide bonds. The Kier molecular flexibility index (Phi) is 12.9. The zero-order valence-corrected chi connectivity index (χ0v) is 30.3. The van der Waals surface area contributed by atoms with E-state index in [2.05, 4.69) is 36.9 Å².